The second kappa shape index (κ2) is 7.34. The summed E-state index contributed by atoms with van der Waals surface area (Å²) in [5.41, 5.74) is 3.98. The second-order valence-corrected chi connectivity index (χ2v) is 9.25. The van der Waals surface area contributed by atoms with Crippen molar-refractivity contribution in [2.45, 2.75) is 37.8 Å². The molecule has 3 aromatic carbocycles. The number of nitrogens with zero attached hydrogens (tertiary/aromatic N) is 2. The molecule has 0 fully saturated rings. The molecule has 5 heteroatoms. The Labute approximate surface area is 192 Å². The van der Waals surface area contributed by atoms with Crippen molar-refractivity contribution in [1.82, 2.24) is 4.98 Å². The highest BCUT2D eigenvalue weighted by atomic mass is 16.5. The zero-order valence-corrected chi connectivity index (χ0v) is 18.5. The van der Waals surface area contributed by atoms with Crippen molar-refractivity contribution in [2.75, 3.05) is 0 Å². The molecule has 1 aliphatic carbocycles. The van der Waals surface area contributed by atoms with Crippen LogP contribution in [0.5, 0.6) is 17.4 Å². The van der Waals surface area contributed by atoms with E-state index in [1.807, 2.05) is 36.4 Å². The highest BCUT2D eigenvalue weighted by Crippen LogP contribution is 2.43. The molecule has 1 N–H and O–H groups in total. The van der Waals surface area contributed by atoms with Crippen molar-refractivity contribution in [3.8, 4) is 17.4 Å². The average molecular weight is 437 g/mol. The summed E-state index contributed by atoms with van der Waals surface area (Å²) in [4.78, 5) is 9.49. The Kier molecular flexibility index (Phi) is 4.40. The number of para-hydroxylation sites is 1. The van der Waals surface area contributed by atoms with Crippen LogP contribution in [0.25, 0.3) is 10.9 Å². The highest BCUT2D eigenvalue weighted by Gasteiger charge is 2.47. The van der Waals surface area contributed by atoms with Crippen LogP contribution in [0.3, 0.4) is 0 Å². The van der Waals surface area contributed by atoms with Crippen LogP contribution >= 0.6 is 0 Å². The first-order chi connectivity index (χ1) is 16.0. The molecule has 5 nitrogen and oxygen atoms in total. The first-order valence-corrected chi connectivity index (χ1v) is 11.2. The van der Waals surface area contributed by atoms with E-state index in [1.54, 1.807) is 18.2 Å². The van der Waals surface area contributed by atoms with Crippen LogP contribution in [-0.4, -0.2) is 28.1 Å². The summed E-state index contributed by atoms with van der Waals surface area (Å²) in [6.07, 6.45) is 0.887. The van der Waals surface area contributed by atoms with Gasteiger partial charge in [-0.3, -0.25) is 0 Å². The molecule has 0 saturated heterocycles. The van der Waals surface area contributed by atoms with Crippen molar-refractivity contribution in [3.05, 3.63) is 95.6 Å². The third-order valence-corrected chi connectivity index (χ3v) is 6.72. The van der Waals surface area contributed by atoms with Crippen molar-refractivity contribution in [2.24, 2.45) is 4.99 Å². The lowest BCUT2D eigenvalue weighted by molar-refractivity contribution is 0.147. The maximum atomic E-state index is 10.1. The number of benzene rings is 3. The van der Waals surface area contributed by atoms with Crippen LogP contribution in [0.4, 0.5) is 0 Å². The first kappa shape index (κ1) is 19.8. The van der Waals surface area contributed by atoms with Gasteiger partial charge in [-0.05, 0) is 41.5 Å². The largest absolute Gasteiger partial charge is 0.506 e. The SMILES string of the molecule is CC1(C)c2ccccc2C[C@H]2OC(c3cccc(Oc4ccc5cccc(O)c5n4)c3)=N[C@H]21. The molecule has 4 aromatic rings. The number of pyridine rings is 1. The van der Waals surface area contributed by atoms with E-state index in [4.69, 9.17) is 14.5 Å². The fraction of sp³-hybridized carbons (Fsp3) is 0.214. The Morgan fingerprint density at radius 3 is 2.73 bits per heavy atom. The van der Waals surface area contributed by atoms with Gasteiger partial charge in [-0.2, -0.15) is 0 Å². The minimum absolute atomic E-state index is 0.0274. The summed E-state index contributed by atoms with van der Waals surface area (Å²) >= 11 is 0. The Bertz CT molecular complexity index is 1410. The lowest BCUT2D eigenvalue weighted by Gasteiger charge is -2.39. The normalized spacial score (nSPS) is 20.5. The van der Waals surface area contributed by atoms with E-state index >= 15 is 0 Å². The van der Waals surface area contributed by atoms with Gasteiger partial charge >= 0.3 is 0 Å². The molecule has 0 bridgehead atoms. The molecular formula is C28H24N2O3. The van der Waals surface area contributed by atoms with Crippen LogP contribution < -0.4 is 4.74 Å². The van der Waals surface area contributed by atoms with Crippen LogP contribution in [-0.2, 0) is 16.6 Å². The molecule has 0 radical (unpaired) electrons. The van der Waals surface area contributed by atoms with Crippen molar-refractivity contribution < 1.29 is 14.6 Å². The molecule has 0 unspecified atom stereocenters. The lowest BCUT2D eigenvalue weighted by atomic mass is 9.68. The number of ether oxygens (including phenoxy) is 2. The summed E-state index contributed by atoms with van der Waals surface area (Å²) < 4.78 is 12.4. The van der Waals surface area contributed by atoms with Crippen molar-refractivity contribution >= 4 is 16.8 Å². The molecular weight excluding hydrogens is 412 g/mol. The lowest BCUT2D eigenvalue weighted by Crippen LogP contribution is -2.45. The van der Waals surface area contributed by atoms with Crippen molar-refractivity contribution in [3.63, 3.8) is 0 Å². The van der Waals surface area contributed by atoms with Crippen LogP contribution in [0, 0.1) is 0 Å². The third-order valence-electron chi connectivity index (χ3n) is 6.72. The van der Waals surface area contributed by atoms with E-state index in [0.29, 0.717) is 23.0 Å². The fourth-order valence-corrected chi connectivity index (χ4v) is 5.06. The van der Waals surface area contributed by atoms with E-state index in [0.717, 1.165) is 17.4 Å². The highest BCUT2D eigenvalue weighted by molar-refractivity contribution is 5.96. The van der Waals surface area contributed by atoms with Gasteiger partial charge in [0.2, 0.25) is 11.8 Å². The van der Waals surface area contributed by atoms with Crippen molar-refractivity contribution in [1.29, 1.82) is 0 Å². The van der Waals surface area contributed by atoms with Gasteiger partial charge in [0.25, 0.3) is 0 Å². The number of fused-ring (bicyclic) bond motifs is 3. The third kappa shape index (κ3) is 3.32. The number of hydrogen-bond donors (Lipinski definition) is 1. The minimum atomic E-state index is -0.105. The Balaban J connectivity index is 1.29. The number of aromatic hydroxyl groups is 1. The smallest absolute Gasteiger partial charge is 0.219 e. The standard InChI is InChI=1S/C28H24N2O3/c1-28(2)21-11-4-3-7-18(21)16-23-26(28)30-27(33-23)19-9-5-10-20(15-19)32-24-14-13-17-8-6-12-22(31)25(17)29-24/h3-15,23,26,31H,16H2,1-2H3/t23-,26-/m1/s1. The zero-order valence-electron chi connectivity index (χ0n) is 18.5. The van der Waals surface area contributed by atoms with Gasteiger partial charge in [-0.15, -0.1) is 0 Å². The summed E-state index contributed by atoms with van der Waals surface area (Å²) in [5.74, 6) is 1.84. The topological polar surface area (TPSA) is 63.9 Å². The fourth-order valence-electron chi connectivity index (χ4n) is 5.06. The maximum absolute atomic E-state index is 10.1. The molecule has 1 aliphatic heterocycles. The quantitative estimate of drug-likeness (QED) is 0.442. The molecule has 164 valence electrons. The molecule has 2 aliphatic rings. The molecule has 2 atom stereocenters. The summed E-state index contributed by atoms with van der Waals surface area (Å²) in [6, 6.07) is 25.4. The van der Waals surface area contributed by atoms with Gasteiger partial charge in [0.1, 0.15) is 29.2 Å². The van der Waals surface area contributed by atoms with E-state index in [9.17, 15) is 5.11 Å². The first-order valence-electron chi connectivity index (χ1n) is 11.2. The molecule has 0 amide bonds. The average Bonchev–Trinajstić information content (AvgIpc) is 3.25. The second-order valence-electron chi connectivity index (χ2n) is 9.25. The predicted molar refractivity (Wildman–Crippen MR) is 128 cm³/mol. The molecule has 33 heavy (non-hydrogen) atoms. The minimum Gasteiger partial charge on any atom is -0.506 e. The van der Waals surface area contributed by atoms with Gasteiger partial charge in [0, 0.05) is 28.9 Å². The molecule has 0 saturated carbocycles. The van der Waals surface area contributed by atoms with E-state index < -0.39 is 0 Å². The molecule has 2 heterocycles. The summed E-state index contributed by atoms with van der Waals surface area (Å²) in [7, 11) is 0. The van der Waals surface area contributed by atoms with Gasteiger partial charge in [0.05, 0.1) is 0 Å². The monoisotopic (exact) mass is 436 g/mol. The number of phenols is 1. The van der Waals surface area contributed by atoms with Gasteiger partial charge < -0.3 is 14.6 Å². The summed E-state index contributed by atoms with van der Waals surface area (Å²) in [5, 5.41) is 11.0. The van der Waals surface area contributed by atoms with E-state index in [-0.39, 0.29) is 23.3 Å². The predicted octanol–water partition coefficient (Wildman–Crippen LogP) is 5.78. The number of phenolic OH excluding ortho intramolecular Hbond substituents is 1. The van der Waals surface area contributed by atoms with Crippen LogP contribution in [0.2, 0.25) is 0 Å². The molecule has 0 spiro atoms. The maximum Gasteiger partial charge on any atom is 0.219 e. The van der Waals surface area contributed by atoms with Crippen LogP contribution in [0.15, 0.2) is 83.9 Å². The van der Waals surface area contributed by atoms with Crippen LogP contribution in [0.1, 0.15) is 30.5 Å². The Morgan fingerprint density at radius 1 is 0.970 bits per heavy atom. The number of aliphatic imine (C=N–C) groups is 1. The van der Waals surface area contributed by atoms with Gasteiger partial charge in [0.15, 0.2) is 0 Å². The van der Waals surface area contributed by atoms with E-state index in [2.05, 4.69) is 43.1 Å². The number of hydrogen-bond acceptors (Lipinski definition) is 5. The number of rotatable bonds is 3. The summed E-state index contributed by atoms with van der Waals surface area (Å²) in [6.45, 7) is 4.50. The van der Waals surface area contributed by atoms with Gasteiger partial charge in [-0.25, -0.2) is 9.98 Å². The van der Waals surface area contributed by atoms with E-state index in [1.165, 1.54) is 11.1 Å². The molecule has 6 rings (SSSR count). The van der Waals surface area contributed by atoms with Gasteiger partial charge in [-0.1, -0.05) is 56.3 Å². The number of aromatic nitrogens is 1. The molecule has 1 aromatic heterocycles. The Hall–Kier alpha value is -3.86. The Morgan fingerprint density at radius 2 is 1.82 bits per heavy atom. The zero-order chi connectivity index (χ0) is 22.6.